The van der Waals surface area contributed by atoms with Gasteiger partial charge in [-0.05, 0) is 314 Å². The summed E-state index contributed by atoms with van der Waals surface area (Å²) in [6.45, 7) is 41.7. The van der Waals surface area contributed by atoms with Crippen LogP contribution in [-0.4, -0.2) is 133 Å². The molecule has 0 bridgehead atoms. The molecule has 1 aliphatic carbocycles. The van der Waals surface area contributed by atoms with E-state index in [1.54, 1.807) is 6.20 Å². The molecule has 0 amide bonds. The van der Waals surface area contributed by atoms with Crippen molar-refractivity contribution in [2.24, 2.45) is 9.98 Å². The average molecular weight is 1810 g/mol. The van der Waals surface area contributed by atoms with Gasteiger partial charge < -0.3 is 68.8 Å². The molecule has 20 aromatic rings. The lowest BCUT2D eigenvalue weighted by molar-refractivity contribution is 0.127. The molecule has 12 aromatic heterocycles. The van der Waals surface area contributed by atoms with Gasteiger partial charge >= 0.3 is 0 Å². The Morgan fingerprint density at radius 2 is 0.728 bits per heavy atom. The summed E-state index contributed by atoms with van der Waals surface area (Å²) in [4.78, 5) is 58.6. The maximum Gasteiger partial charge on any atom is 0.201 e. The lowest BCUT2D eigenvalue weighted by Gasteiger charge is -2.13. The number of aryl methyl sites for hydroxylation is 16. The molecule has 8 aromatic carbocycles. The molecule has 0 radical (unpaired) electrons. The van der Waals surface area contributed by atoms with Gasteiger partial charge in [0.15, 0.2) is 5.95 Å². The Kier molecular flexibility index (Phi) is 23.7. The molecule has 10 N–H and O–H groups in total. The molecular weight excluding hydrogens is 1700 g/mol. The van der Waals surface area contributed by atoms with Crippen molar-refractivity contribution < 1.29 is 32.8 Å². The number of fused-ring (bicyclic) bond motifs is 7. The van der Waals surface area contributed by atoms with Crippen LogP contribution in [0.25, 0.3) is 177 Å². The number of hydrogen-bond acceptors (Lipinski definition) is 23. The van der Waals surface area contributed by atoms with Crippen LogP contribution < -0.4 is 11.1 Å². The summed E-state index contributed by atoms with van der Waals surface area (Å²) in [5.74, 6) is 7.51. The summed E-state index contributed by atoms with van der Waals surface area (Å²) in [5.41, 5.74) is 52.4. The van der Waals surface area contributed by atoms with Crippen LogP contribution in [0.4, 0.5) is 11.9 Å². The van der Waals surface area contributed by atoms with E-state index < -0.39 is 6.10 Å². The SMILES string of the molecule is CC1=NCC(C)=C1c1cc(-c2c(C)noc2C)cc2[nH]c(N)nc12.CC1=NCC(C)=C1c1cc(-c2c(C)noc2C)cc2[nH]c(NC3CC3)nc12.Cc1ccc2ncccc2c1-c1cc(-c2c(C)noc2C)cc2[nH]c(C(O)CCO)nc12.Cc1nc2c(-c3c(C)ccc4ncccc34)cc(-c3c(C)noc3C)cc2[nH]1.Cc1nc2c(-c3c(C)cccc3C)cc(-c3c(C)noc3C)cc2[nH]1. The van der Waals surface area contributed by atoms with Crippen molar-refractivity contribution in [1.82, 2.24) is 85.6 Å². The first-order valence-electron chi connectivity index (χ1n) is 45.7. The Hall–Kier alpha value is -15.7. The molecule has 1 atom stereocenters. The van der Waals surface area contributed by atoms with Crippen molar-refractivity contribution in [3.8, 4) is 89.0 Å². The standard InChI is InChI=1S/C25H24N4O3.C23H20N4O.C21H23N5O.C21H21N3O.C18H19N5O/c1-13-6-7-19-17(5-4-9-26-19)22(13)18-11-16(23-14(2)29-32-15(23)3)12-20-24(18)28-25(27-20)21(31)8-10-30;1-12-7-8-19-17(6-5-9-24-19)21(12)18-10-16(22-13(2)27-28-14(22)3)11-20-23(18)26-15(4)25-20;1-10-9-22-11(2)18(10)16-7-14(19-12(3)26-27-13(19)4)8-17-20(16)25-21(24-17)23-15-5-6-15;1-11-7-6-8-12(2)19(11)17-9-16(20-13(3)24-25-14(20)4)10-18-21(17)23-15(5)22-18;1-8-7-20-9(2)15(8)13-5-12(16-10(3)23-24-11(16)4)6-14-17(13)22-18(19)21-14/h4-7,9,11-12,21,30-31H,8,10H2,1-3H3,(H,27,28);5-11H,1-4H3,(H,25,26);7-8,15H,5-6,9H2,1-4H3,(H2,23,24,25);6-10H,1-5H3,(H,22,23);5-6H,7H2,1-4H3,(H3,19,21,22). The van der Waals surface area contributed by atoms with Gasteiger partial charge in [0, 0.05) is 120 Å². The van der Waals surface area contributed by atoms with Crippen LogP contribution in [0.2, 0.25) is 0 Å². The number of rotatable bonds is 15. The van der Waals surface area contributed by atoms with E-state index in [1.807, 2.05) is 127 Å². The number of nitrogens with zero attached hydrogens (tertiary/aromatic N) is 14. The first kappa shape index (κ1) is 89.5. The number of nitrogens with two attached hydrogens (primary N) is 1. The monoisotopic (exact) mass is 1810 g/mol. The van der Waals surface area contributed by atoms with Gasteiger partial charge in [0.2, 0.25) is 5.95 Å². The lowest BCUT2D eigenvalue weighted by Crippen LogP contribution is -2.02. The molecule has 136 heavy (non-hydrogen) atoms. The number of pyridine rings is 2. The predicted octanol–water partition coefficient (Wildman–Crippen LogP) is 24.2. The molecule has 28 heteroatoms. The average Bonchev–Trinajstić information content (AvgIpc) is 1.27. The molecular formula is C108H107N21O7. The molecule has 14 heterocycles. The number of aliphatic hydroxyl groups excluding tert-OH is 2. The second-order valence-corrected chi connectivity index (χ2v) is 36.1. The number of imidazole rings is 5. The third kappa shape index (κ3) is 16.8. The fourth-order valence-electron chi connectivity index (χ4n) is 19.7. The van der Waals surface area contributed by atoms with Crippen molar-refractivity contribution in [3.05, 3.63) is 259 Å². The highest BCUT2D eigenvalue weighted by Gasteiger charge is 2.30. The number of aromatic nitrogens is 17. The van der Waals surface area contributed by atoms with Crippen molar-refractivity contribution in [1.29, 1.82) is 0 Å². The van der Waals surface area contributed by atoms with Crippen LogP contribution >= 0.6 is 0 Å². The molecule has 3 aliphatic rings. The molecule has 0 saturated heterocycles. The Morgan fingerprint density at radius 1 is 0.375 bits per heavy atom. The van der Waals surface area contributed by atoms with Crippen LogP contribution in [0.15, 0.2) is 184 Å². The van der Waals surface area contributed by atoms with E-state index in [0.29, 0.717) is 17.8 Å². The van der Waals surface area contributed by atoms with Crippen LogP contribution in [0, 0.1) is 111 Å². The number of aliphatic imine (C=N–C) groups is 2. The number of allylic oxidation sites excluding steroid dienone is 2. The molecule has 0 spiro atoms. The smallest absolute Gasteiger partial charge is 0.201 e. The highest BCUT2D eigenvalue weighted by atomic mass is 16.5. The number of hydrogen-bond donors (Lipinski definition) is 9. The quantitative estimate of drug-likeness (QED) is 0.0460. The van der Waals surface area contributed by atoms with Gasteiger partial charge in [-0.3, -0.25) is 20.0 Å². The molecule has 23 rings (SSSR count). The van der Waals surface area contributed by atoms with Crippen molar-refractivity contribution in [3.63, 3.8) is 0 Å². The first-order chi connectivity index (χ1) is 65.4. The molecule has 1 fully saturated rings. The number of aliphatic hydroxyl groups is 2. The van der Waals surface area contributed by atoms with Gasteiger partial charge in [-0.1, -0.05) is 68.2 Å². The maximum atomic E-state index is 10.5. The summed E-state index contributed by atoms with van der Waals surface area (Å²) in [6.07, 6.45) is 5.38. The molecule has 28 nitrogen and oxygen atoms in total. The van der Waals surface area contributed by atoms with Gasteiger partial charge in [0.1, 0.15) is 52.4 Å². The van der Waals surface area contributed by atoms with Gasteiger partial charge in [-0.25, -0.2) is 24.9 Å². The van der Waals surface area contributed by atoms with E-state index >= 15 is 0 Å². The minimum absolute atomic E-state index is 0.122. The zero-order chi connectivity index (χ0) is 95.2. The van der Waals surface area contributed by atoms with Gasteiger partial charge in [0.05, 0.1) is 108 Å². The third-order valence-electron chi connectivity index (χ3n) is 26.0. The van der Waals surface area contributed by atoms with Crippen LogP contribution in [0.1, 0.15) is 161 Å². The molecule has 1 unspecified atom stereocenters. The van der Waals surface area contributed by atoms with E-state index in [2.05, 4.69) is 226 Å². The second-order valence-electron chi connectivity index (χ2n) is 36.1. The number of anilines is 2. The zero-order valence-corrected chi connectivity index (χ0v) is 80.0. The lowest BCUT2D eigenvalue weighted by atomic mass is 9.91. The minimum Gasteiger partial charge on any atom is -0.396 e. The van der Waals surface area contributed by atoms with Crippen molar-refractivity contribution >= 4 is 111 Å². The fraction of sp³-hybridized carbons (Fsp3) is 0.259. The summed E-state index contributed by atoms with van der Waals surface area (Å²) in [7, 11) is 0. The third-order valence-corrected chi connectivity index (χ3v) is 26.0. The van der Waals surface area contributed by atoms with E-state index in [1.165, 1.54) is 51.8 Å². The van der Waals surface area contributed by atoms with E-state index in [4.69, 9.17) is 48.3 Å². The second kappa shape index (κ2) is 36.0. The van der Waals surface area contributed by atoms with Gasteiger partial charge in [0.25, 0.3) is 0 Å². The van der Waals surface area contributed by atoms with Crippen LogP contribution in [0.3, 0.4) is 0 Å². The van der Waals surface area contributed by atoms with E-state index in [-0.39, 0.29) is 13.0 Å². The highest BCUT2D eigenvalue weighted by molar-refractivity contribution is 6.29. The summed E-state index contributed by atoms with van der Waals surface area (Å²) in [5, 5.41) is 45.9. The fourth-order valence-corrected chi connectivity index (χ4v) is 19.7. The molecule has 1 saturated carbocycles. The summed E-state index contributed by atoms with van der Waals surface area (Å²) >= 11 is 0. The Morgan fingerprint density at radius 3 is 1.10 bits per heavy atom. The zero-order valence-electron chi connectivity index (χ0n) is 80.0. The number of aromatic amines is 5. The van der Waals surface area contributed by atoms with Gasteiger partial charge in [-0.15, -0.1) is 0 Å². The Labute approximate surface area is 784 Å². The predicted molar refractivity (Wildman–Crippen MR) is 540 cm³/mol. The summed E-state index contributed by atoms with van der Waals surface area (Å²) in [6, 6.07) is 44.6. The number of benzene rings is 8. The number of nitrogen functional groups attached to an aromatic ring is 1. The van der Waals surface area contributed by atoms with Crippen LogP contribution in [0.5, 0.6) is 0 Å². The van der Waals surface area contributed by atoms with Crippen molar-refractivity contribution in [2.75, 3.05) is 30.7 Å². The number of H-pyrrole nitrogens is 5. The number of nitrogens with one attached hydrogen (secondary N) is 6. The molecule has 2 aliphatic heterocycles. The van der Waals surface area contributed by atoms with Gasteiger partial charge in [-0.2, -0.15) is 0 Å². The minimum atomic E-state index is -0.877. The largest absolute Gasteiger partial charge is 0.396 e. The molecule has 686 valence electrons. The summed E-state index contributed by atoms with van der Waals surface area (Å²) < 4.78 is 27.0. The van der Waals surface area contributed by atoms with E-state index in [9.17, 15) is 10.2 Å². The Balaban J connectivity index is 0.000000109. The Bertz CT molecular complexity index is 8180. The van der Waals surface area contributed by atoms with E-state index in [0.717, 1.165) is 282 Å². The maximum absolute atomic E-state index is 10.5. The normalized spacial score (nSPS) is 13.5. The first-order valence-corrected chi connectivity index (χ1v) is 45.7. The van der Waals surface area contributed by atoms with Crippen molar-refractivity contribution in [2.45, 2.75) is 170 Å². The van der Waals surface area contributed by atoms with Crippen LogP contribution in [-0.2, 0) is 0 Å². The highest BCUT2D eigenvalue weighted by Crippen LogP contribution is 2.47. The topological polar surface area (TPSA) is 403 Å².